The minimum Gasteiger partial charge on any atom is -0.472 e. The number of Topliss-reactive ketones (excluding diaryl/α,β-unsaturated/α-hetero) is 1. The van der Waals surface area contributed by atoms with Crippen molar-refractivity contribution in [2.45, 2.75) is 19.6 Å². The van der Waals surface area contributed by atoms with E-state index >= 15 is 0 Å². The minimum atomic E-state index is -1.62. The van der Waals surface area contributed by atoms with E-state index in [0.29, 0.717) is 0 Å². The summed E-state index contributed by atoms with van der Waals surface area (Å²) in [5, 5.41) is 1.24. The number of hydrogen-bond acceptors (Lipinski definition) is 2. The van der Waals surface area contributed by atoms with E-state index in [4.69, 9.17) is 4.42 Å². The largest absolute Gasteiger partial charge is 0.472 e. The summed E-state index contributed by atoms with van der Waals surface area (Å²) < 4.78 is 5.16. The Morgan fingerprint density at radius 3 is 2.26 bits per heavy atom. The Morgan fingerprint density at radius 2 is 1.68 bits per heavy atom. The molecule has 2 aromatic rings. The number of hydrogen-bond donors (Lipinski definition) is 0. The first kappa shape index (κ1) is 12.2. The maximum absolute atomic E-state index is 12.7. The Morgan fingerprint density at radius 1 is 1.00 bits per heavy atom. The van der Waals surface area contributed by atoms with Crippen molar-refractivity contribution in [2.75, 3.05) is 0 Å². The van der Waals surface area contributed by atoms with Gasteiger partial charge >= 0.3 is 0 Å². The van der Waals surface area contributed by atoms with E-state index in [1.54, 1.807) is 12.5 Å². The number of allylic oxidation sites excluding steroid dienone is 1. The second-order valence-electron chi connectivity index (χ2n) is 5.89. The number of rotatable bonds is 2. The normalized spacial score (nSPS) is 15.0. The van der Waals surface area contributed by atoms with Crippen LogP contribution in [0, 0.1) is 0 Å². The van der Waals surface area contributed by atoms with E-state index < -0.39 is 8.07 Å². The first-order valence-electron chi connectivity index (χ1n) is 6.41. The van der Waals surface area contributed by atoms with Gasteiger partial charge in [0.25, 0.3) is 0 Å². The van der Waals surface area contributed by atoms with E-state index in [0.717, 1.165) is 22.3 Å². The third kappa shape index (κ3) is 1.81. The lowest BCUT2D eigenvalue weighted by molar-refractivity contribution is 0.105. The fourth-order valence-corrected chi connectivity index (χ4v) is 4.78. The van der Waals surface area contributed by atoms with Crippen molar-refractivity contribution in [3.8, 4) is 0 Å². The van der Waals surface area contributed by atoms with Crippen LogP contribution in [0.3, 0.4) is 0 Å². The van der Waals surface area contributed by atoms with Gasteiger partial charge in [-0.3, -0.25) is 4.79 Å². The molecule has 0 fully saturated rings. The molecule has 0 N–H and O–H groups in total. The summed E-state index contributed by atoms with van der Waals surface area (Å²) in [6.45, 7) is 6.83. The molecule has 1 heterocycles. The number of benzene rings is 1. The van der Waals surface area contributed by atoms with E-state index in [1.807, 2.05) is 24.3 Å². The van der Waals surface area contributed by atoms with Crippen molar-refractivity contribution in [3.05, 3.63) is 59.5 Å². The average molecular weight is 268 g/mol. The Bertz CT molecular complexity index is 673. The Balaban J connectivity index is 2.33. The molecule has 1 aliphatic carbocycles. The summed E-state index contributed by atoms with van der Waals surface area (Å²) in [4.78, 5) is 12.7. The zero-order valence-electron chi connectivity index (χ0n) is 11.4. The summed E-state index contributed by atoms with van der Waals surface area (Å²) in [5.41, 5.74) is 3.69. The molecule has 19 heavy (non-hydrogen) atoms. The van der Waals surface area contributed by atoms with Gasteiger partial charge in [-0.05, 0) is 16.8 Å². The topological polar surface area (TPSA) is 30.2 Å². The Labute approximate surface area is 113 Å². The average Bonchev–Trinajstić information content (AvgIpc) is 2.95. The number of carbonyl (C=O) groups is 1. The van der Waals surface area contributed by atoms with Crippen LogP contribution in [0.4, 0.5) is 0 Å². The second-order valence-corrected chi connectivity index (χ2v) is 10.9. The number of carbonyl (C=O) groups excluding carboxylic acids is 1. The van der Waals surface area contributed by atoms with Gasteiger partial charge in [-0.2, -0.15) is 0 Å². The molecule has 96 valence electrons. The van der Waals surface area contributed by atoms with Gasteiger partial charge in [-0.15, -0.1) is 0 Å². The predicted molar refractivity (Wildman–Crippen MR) is 79.6 cm³/mol. The summed E-state index contributed by atoms with van der Waals surface area (Å²) >= 11 is 0. The molecular weight excluding hydrogens is 252 g/mol. The highest BCUT2D eigenvalue weighted by Crippen LogP contribution is 2.43. The molecule has 0 spiro atoms. The maximum Gasteiger partial charge on any atom is 0.194 e. The molecule has 0 aliphatic heterocycles. The molecule has 0 bridgehead atoms. The number of furan rings is 1. The third-order valence-corrected chi connectivity index (χ3v) is 5.50. The SMILES string of the molecule is C[Si](C)(C)C1=C(c2ccoc2)C(=O)c2ccccc21. The second kappa shape index (κ2) is 4.07. The first-order chi connectivity index (χ1) is 9.00. The fraction of sp³-hybridized carbons (Fsp3) is 0.188. The molecule has 2 nitrogen and oxygen atoms in total. The van der Waals surface area contributed by atoms with Crippen molar-refractivity contribution < 1.29 is 9.21 Å². The lowest BCUT2D eigenvalue weighted by atomic mass is 10.1. The number of ketones is 1. The third-order valence-electron chi connectivity index (χ3n) is 3.48. The minimum absolute atomic E-state index is 0.134. The van der Waals surface area contributed by atoms with Crippen molar-refractivity contribution in [1.82, 2.24) is 0 Å². The van der Waals surface area contributed by atoms with E-state index in [2.05, 4.69) is 25.7 Å². The lowest BCUT2D eigenvalue weighted by Crippen LogP contribution is -2.23. The first-order valence-corrected chi connectivity index (χ1v) is 9.91. The van der Waals surface area contributed by atoms with Gasteiger partial charge in [-0.25, -0.2) is 0 Å². The van der Waals surface area contributed by atoms with Crippen molar-refractivity contribution >= 4 is 24.6 Å². The van der Waals surface area contributed by atoms with Crippen molar-refractivity contribution in [2.24, 2.45) is 0 Å². The molecule has 1 aliphatic rings. The molecule has 0 radical (unpaired) electrons. The molecule has 0 saturated heterocycles. The van der Waals surface area contributed by atoms with E-state index in [9.17, 15) is 4.79 Å². The van der Waals surface area contributed by atoms with Gasteiger partial charge in [0.15, 0.2) is 5.78 Å². The van der Waals surface area contributed by atoms with Crippen LogP contribution in [-0.2, 0) is 0 Å². The van der Waals surface area contributed by atoms with Crippen LogP contribution in [-0.4, -0.2) is 13.9 Å². The lowest BCUT2D eigenvalue weighted by Gasteiger charge is -2.20. The zero-order chi connectivity index (χ0) is 13.6. The smallest absolute Gasteiger partial charge is 0.194 e. The van der Waals surface area contributed by atoms with Gasteiger partial charge in [0.05, 0.1) is 20.6 Å². The standard InChI is InChI=1S/C16H16O2Si/c1-19(2,3)16-13-7-5-4-6-12(13)15(17)14(16)11-8-9-18-10-11/h4-10H,1-3H3. The summed E-state index contributed by atoms with van der Waals surface area (Å²) in [6.07, 6.45) is 3.29. The molecule has 3 heteroatoms. The van der Waals surface area contributed by atoms with Crippen molar-refractivity contribution in [1.29, 1.82) is 0 Å². The summed E-state index contributed by atoms with van der Waals surface area (Å²) in [7, 11) is -1.62. The molecule has 0 saturated carbocycles. The van der Waals surface area contributed by atoms with Gasteiger partial charge in [-0.1, -0.05) is 43.9 Å². The van der Waals surface area contributed by atoms with Crippen LogP contribution in [0.1, 0.15) is 21.5 Å². The maximum atomic E-state index is 12.7. The van der Waals surface area contributed by atoms with E-state index in [1.165, 1.54) is 5.20 Å². The molecule has 1 aromatic carbocycles. The molecule has 0 unspecified atom stereocenters. The highest BCUT2D eigenvalue weighted by Gasteiger charge is 2.36. The highest BCUT2D eigenvalue weighted by atomic mass is 28.3. The van der Waals surface area contributed by atoms with Gasteiger partial charge in [0.2, 0.25) is 0 Å². The highest BCUT2D eigenvalue weighted by molar-refractivity contribution is 6.96. The molecule has 0 atom stereocenters. The number of fused-ring (bicyclic) bond motifs is 1. The zero-order valence-corrected chi connectivity index (χ0v) is 12.4. The molecule has 3 rings (SSSR count). The molecular formula is C16H16O2Si. The monoisotopic (exact) mass is 268 g/mol. The van der Waals surface area contributed by atoms with Crippen LogP contribution in [0.2, 0.25) is 19.6 Å². The van der Waals surface area contributed by atoms with Crippen LogP contribution in [0.25, 0.3) is 10.8 Å². The summed E-state index contributed by atoms with van der Waals surface area (Å²) in [5.74, 6) is 0.134. The predicted octanol–water partition coefficient (Wildman–Crippen LogP) is 4.26. The summed E-state index contributed by atoms with van der Waals surface area (Å²) in [6, 6.07) is 9.79. The van der Waals surface area contributed by atoms with Crippen LogP contribution in [0.5, 0.6) is 0 Å². The van der Waals surface area contributed by atoms with Crippen molar-refractivity contribution in [3.63, 3.8) is 0 Å². The van der Waals surface area contributed by atoms with E-state index in [-0.39, 0.29) is 5.78 Å². The fourth-order valence-electron chi connectivity index (χ4n) is 2.74. The molecule has 0 amide bonds. The van der Waals surface area contributed by atoms with Crippen LogP contribution >= 0.6 is 0 Å². The Hall–Kier alpha value is -1.87. The van der Waals surface area contributed by atoms with Gasteiger partial charge in [0, 0.05) is 16.7 Å². The van der Waals surface area contributed by atoms with Gasteiger partial charge < -0.3 is 4.42 Å². The van der Waals surface area contributed by atoms with Crippen LogP contribution in [0.15, 0.2) is 47.3 Å². The van der Waals surface area contributed by atoms with Gasteiger partial charge in [0.1, 0.15) is 0 Å². The van der Waals surface area contributed by atoms with Crippen LogP contribution < -0.4 is 0 Å². The molecule has 1 aromatic heterocycles. The Kier molecular flexibility index (Phi) is 2.61. The quantitative estimate of drug-likeness (QED) is 0.762.